The number of thioether (sulfide) groups is 1. The van der Waals surface area contributed by atoms with Crippen molar-refractivity contribution in [3.8, 4) is 0 Å². The van der Waals surface area contributed by atoms with Crippen LogP contribution in [0.3, 0.4) is 0 Å². The third kappa shape index (κ3) is 8.01. The van der Waals surface area contributed by atoms with Crippen LogP contribution in [0.4, 0.5) is 0 Å². The number of carbonyl (C=O) groups is 2. The monoisotopic (exact) mass is 454 g/mol. The minimum Gasteiger partial charge on any atom is -0.354 e. The highest BCUT2D eigenvalue weighted by molar-refractivity contribution is 7.99. The van der Waals surface area contributed by atoms with Crippen LogP contribution in [0.5, 0.6) is 0 Å². The fraction of sp³-hybridized carbons (Fsp3) is 0.481. The maximum Gasteiger partial charge on any atom is 0.242 e. The van der Waals surface area contributed by atoms with Gasteiger partial charge in [-0.05, 0) is 50.3 Å². The molecule has 2 aromatic rings. The summed E-state index contributed by atoms with van der Waals surface area (Å²) >= 11 is 1.61. The fourth-order valence-corrected chi connectivity index (χ4v) is 4.73. The van der Waals surface area contributed by atoms with E-state index in [1.165, 1.54) is 16.7 Å². The standard InChI is InChI=1S/C27H38N2O2S/c1-6-8-13-28-27(31)25(7-2)29(17-24-12-10-9-11-22(24)5)26(30)19-32-18-23-15-20(3)14-21(4)16-23/h9-12,14-16,25H,6-8,13,17-19H2,1-5H3,(H,28,31). The zero-order valence-corrected chi connectivity index (χ0v) is 21.1. The zero-order chi connectivity index (χ0) is 23.5. The lowest BCUT2D eigenvalue weighted by atomic mass is 10.1. The number of unbranched alkanes of at least 4 members (excludes halogenated alkanes) is 1. The van der Waals surface area contributed by atoms with Crippen LogP contribution in [0.25, 0.3) is 0 Å². The van der Waals surface area contributed by atoms with Gasteiger partial charge < -0.3 is 10.2 Å². The number of hydrogen-bond acceptors (Lipinski definition) is 3. The quantitative estimate of drug-likeness (QED) is 0.427. The number of rotatable bonds is 12. The van der Waals surface area contributed by atoms with Gasteiger partial charge in [-0.25, -0.2) is 0 Å². The summed E-state index contributed by atoms with van der Waals surface area (Å²) in [5, 5.41) is 3.03. The number of hydrogen-bond donors (Lipinski definition) is 1. The molecule has 0 aliphatic carbocycles. The first-order valence-electron chi connectivity index (χ1n) is 11.6. The Labute approximate surface area is 198 Å². The van der Waals surface area contributed by atoms with Crippen LogP contribution in [-0.4, -0.2) is 35.1 Å². The van der Waals surface area contributed by atoms with E-state index in [1.807, 2.05) is 25.1 Å². The molecule has 2 rings (SSSR count). The molecule has 0 bridgehead atoms. The lowest BCUT2D eigenvalue weighted by Crippen LogP contribution is -2.49. The van der Waals surface area contributed by atoms with E-state index >= 15 is 0 Å². The van der Waals surface area contributed by atoms with Gasteiger partial charge in [0, 0.05) is 18.8 Å². The molecular weight excluding hydrogens is 416 g/mol. The molecule has 1 atom stereocenters. The zero-order valence-electron chi connectivity index (χ0n) is 20.2. The third-order valence-corrected chi connectivity index (χ3v) is 6.58. The summed E-state index contributed by atoms with van der Waals surface area (Å²) in [4.78, 5) is 28.0. The van der Waals surface area contributed by atoms with Gasteiger partial charge in [0.2, 0.25) is 11.8 Å². The van der Waals surface area contributed by atoms with Crippen molar-refractivity contribution < 1.29 is 9.59 Å². The number of nitrogens with one attached hydrogen (secondary N) is 1. The van der Waals surface area contributed by atoms with Gasteiger partial charge in [0.05, 0.1) is 5.75 Å². The maximum atomic E-state index is 13.3. The molecule has 0 spiro atoms. The van der Waals surface area contributed by atoms with Gasteiger partial charge in [-0.3, -0.25) is 9.59 Å². The average Bonchev–Trinajstić information content (AvgIpc) is 2.74. The predicted octanol–water partition coefficient (Wildman–Crippen LogP) is 5.57. The highest BCUT2D eigenvalue weighted by Gasteiger charge is 2.28. The van der Waals surface area contributed by atoms with E-state index in [0.29, 0.717) is 25.3 Å². The number of carbonyl (C=O) groups excluding carboxylic acids is 2. The van der Waals surface area contributed by atoms with Crippen LogP contribution in [0.1, 0.15) is 60.9 Å². The van der Waals surface area contributed by atoms with E-state index in [1.54, 1.807) is 16.7 Å². The largest absolute Gasteiger partial charge is 0.354 e. The van der Waals surface area contributed by atoms with Crippen LogP contribution in [0, 0.1) is 20.8 Å². The summed E-state index contributed by atoms with van der Waals surface area (Å²) in [7, 11) is 0. The van der Waals surface area contributed by atoms with Crippen LogP contribution in [0.15, 0.2) is 42.5 Å². The first kappa shape index (κ1) is 26.0. The molecule has 2 amide bonds. The van der Waals surface area contributed by atoms with Gasteiger partial charge in [0.15, 0.2) is 0 Å². The molecule has 0 saturated heterocycles. The number of aryl methyl sites for hydroxylation is 3. The predicted molar refractivity (Wildman–Crippen MR) is 136 cm³/mol. The van der Waals surface area contributed by atoms with E-state index in [0.717, 1.165) is 29.7 Å². The summed E-state index contributed by atoms with van der Waals surface area (Å²) in [5.74, 6) is 1.10. The van der Waals surface area contributed by atoms with Gasteiger partial charge in [-0.15, -0.1) is 11.8 Å². The highest BCUT2D eigenvalue weighted by atomic mass is 32.2. The molecule has 32 heavy (non-hydrogen) atoms. The molecule has 0 aliphatic rings. The molecule has 1 N–H and O–H groups in total. The van der Waals surface area contributed by atoms with E-state index in [-0.39, 0.29) is 11.8 Å². The first-order chi connectivity index (χ1) is 15.3. The molecule has 0 saturated carbocycles. The van der Waals surface area contributed by atoms with Crippen molar-refractivity contribution in [1.29, 1.82) is 0 Å². The Balaban J connectivity index is 2.13. The van der Waals surface area contributed by atoms with Crippen LogP contribution in [-0.2, 0) is 21.9 Å². The SMILES string of the molecule is CCCCNC(=O)C(CC)N(Cc1ccccc1C)C(=O)CSCc1cc(C)cc(C)c1. The fourth-order valence-electron chi connectivity index (χ4n) is 3.89. The summed E-state index contributed by atoms with van der Waals surface area (Å²) < 4.78 is 0. The topological polar surface area (TPSA) is 49.4 Å². The Morgan fingerprint density at radius 3 is 2.34 bits per heavy atom. The molecule has 0 fully saturated rings. The second kappa shape index (κ2) is 13.3. The summed E-state index contributed by atoms with van der Waals surface area (Å²) in [6, 6.07) is 14.1. The van der Waals surface area contributed by atoms with E-state index in [2.05, 4.69) is 57.3 Å². The van der Waals surface area contributed by atoms with Crippen LogP contribution in [0.2, 0.25) is 0 Å². The molecule has 2 aromatic carbocycles. The summed E-state index contributed by atoms with van der Waals surface area (Å²) in [6.45, 7) is 11.4. The minimum absolute atomic E-state index is 0.0140. The van der Waals surface area contributed by atoms with Crippen molar-refractivity contribution in [3.63, 3.8) is 0 Å². The second-order valence-electron chi connectivity index (χ2n) is 8.51. The summed E-state index contributed by atoms with van der Waals surface area (Å²) in [6.07, 6.45) is 2.56. The van der Waals surface area contributed by atoms with Crippen molar-refractivity contribution >= 4 is 23.6 Å². The lowest BCUT2D eigenvalue weighted by molar-refractivity contribution is -0.139. The first-order valence-corrected chi connectivity index (χ1v) is 12.8. The number of amides is 2. The van der Waals surface area contributed by atoms with E-state index in [4.69, 9.17) is 0 Å². The molecule has 5 heteroatoms. The normalized spacial score (nSPS) is 11.8. The lowest BCUT2D eigenvalue weighted by Gasteiger charge is -2.31. The molecule has 0 heterocycles. The Morgan fingerprint density at radius 2 is 1.72 bits per heavy atom. The van der Waals surface area contributed by atoms with Crippen LogP contribution < -0.4 is 5.32 Å². The third-order valence-electron chi connectivity index (χ3n) is 5.59. The van der Waals surface area contributed by atoms with Crippen LogP contribution >= 0.6 is 11.8 Å². The average molecular weight is 455 g/mol. The molecular formula is C27H38N2O2S. The van der Waals surface area contributed by atoms with E-state index < -0.39 is 6.04 Å². The highest BCUT2D eigenvalue weighted by Crippen LogP contribution is 2.20. The Bertz CT molecular complexity index is 877. The second-order valence-corrected chi connectivity index (χ2v) is 9.49. The van der Waals surface area contributed by atoms with Gasteiger partial charge in [-0.2, -0.15) is 0 Å². The van der Waals surface area contributed by atoms with Gasteiger partial charge in [-0.1, -0.05) is 73.9 Å². The molecule has 0 radical (unpaired) electrons. The Morgan fingerprint density at radius 1 is 1.03 bits per heavy atom. The van der Waals surface area contributed by atoms with Crippen molar-refractivity contribution in [3.05, 3.63) is 70.3 Å². The Kier molecular flexibility index (Phi) is 10.8. The molecule has 1 unspecified atom stereocenters. The van der Waals surface area contributed by atoms with E-state index in [9.17, 15) is 9.59 Å². The Hall–Kier alpha value is -2.27. The molecule has 174 valence electrons. The smallest absolute Gasteiger partial charge is 0.242 e. The van der Waals surface area contributed by atoms with Crippen molar-refractivity contribution in [2.45, 2.75) is 72.2 Å². The molecule has 4 nitrogen and oxygen atoms in total. The van der Waals surface area contributed by atoms with Gasteiger partial charge in [0.1, 0.15) is 6.04 Å². The number of nitrogens with zero attached hydrogens (tertiary/aromatic N) is 1. The van der Waals surface area contributed by atoms with Crippen molar-refractivity contribution in [1.82, 2.24) is 10.2 Å². The molecule has 0 aromatic heterocycles. The number of benzene rings is 2. The van der Waals surface area contributed by atoms with Gasteiger partial charge >= 0.3 is 0 Å². The van der Waals surface area contributed by atoms with Crippen molar-refractivity contribution in [2.24, 2.45) is 0 Å². The summed E-state index contributed by atoms with van der Waals surface area (Å²) in [5.41, 5.74) is 5.93. The maximum absolute atomic E-state index is 13.3. The minimum atomic E-state index is -0.458. The van der Waals surface area contributed by atoms with Crippen molar-refractivity contribution in [2.75, 3.05) is 12.3 Å². The molecule has 0 aliphatic heterocycles. The van der Waals surface area contributed by atoms with Gasteiger partial charge in [0.25, 0.3) is 0 Å².